The number of nitrogens with one attached hydrogen (secondary N) is 1. The summed E-state index contributed by atoms with van der Waals surface area (Å²) in [5.41, 5.74) is 1.25. The summed E-state index contributed by atoms with van der Waals surface area (Å²) in [6.45, 7) is 3.84. The fourth-order valence-electron chi connectivity index (χ4n) is 1.74. The fourth-order valence-corrected chi connectivity index (χ4v) is 1.74. The first-order valence-electron chi connectivity index (χ1n) is 6.83. The molecule has 6 heteroatoms. The number of nitrogens with zero attached hydrogens (tertiary/aromatic N) is 5. The predicted molar refractivity (Wildman–Crippen MR) is 79.8 cm³/mol. The van der Waals surface area contributed by atoms with E-state index in [4.69, 9.17) is 0 Å². The van der Waals surface area contributed by atoms with Gasteiger partial charge in [0.15, 0.2) is 5.82 Å². The molecule has 0 aromatic carbocycles. The van der Waals surface area contributed by atoms with E-state index in [1.807, 2.05) is 36.5 Å². The lowest BCUT2D eigenvalue weighted by molar-refractivity contribution is 0.809. The van der Waals surface area contributed by atoms with Crippen molar-refractivity contribution in [2.24, 2.45) is 0 Å². The number of rotatable bonds is 7. The standard InChI is InChI=1S/C14H20N6/c1-3-7-16-13-11-17-19-14(18-13)20(2)10-6-12-4-8-15-9-5-12/h4-5,8-9,11H,3,6-7,10H2,1-2H3,(H,16,18,19). The molecule has 0 saturated carbocycles. The van der Waals surface area contributed by atoms with Gasteiger partial charge in [-0.1, -0.05) is 6.92 Å². The first-order valence-corrected chi connectivity index (χ1v) is 6.83. The van der Waals surface area contributed by atoms with Crippen molar-refractivity contribution in [1.29, 1.82) is 0 Å². The van der Waals surface area contributed by atoms with Gasteiger partial charge < -0.3 is 10.2 Å². The lowest BCUT2D eigenvalue weighted by Gasteiger charge is -2.16. The predicted octanol–water partition coefficient (Wildman–Crippen LogP) is 1.77. The van der Waals surface area contributed by atoms with E-state index in [1.54, 1.807) is 6.20 Å². The topological polar surface area (TPSA) is 66.8 Å². The van der Waals surface area contributed by atoms with Crippen LogP contribution in [0.5, 0.6) is 0 Å². The van der Waals surface area contributed by atoms with Gasteiger partial charge in [-0.15, -0.1) is 5.10 Å². The lowest BCUT2D eigenvalue weighted by atomic mass is 10.2. The van der Waals surface area contributed by atoms with Crippen molar-refractivity contribution in [3.8, 4) is 0 Å². The Labute approximate surface area is 119 Å². The first-order chi connectivity index (χ1) is 9.79. The number of anilines is 2. The SMILES string of the molecule is CCCNc1cnnc(N(C)CCc2ccncc2)n1. The van der Waals surface area contributed by atoms with Crippen molar-refractivity contribution in [3.63, 3.8) is 0 Å². The Kier molecular flexibility index (Phi) is 5.23. The van der Waals surface area contributed by atoms with Gasteiger partial charge in [0, 0.05) is 32.5 Å². The Morgan fingerprint density at radius 1 is 1.25 bits per heavy atom. The van der Waals surface area contributed by atoms with Crippen molar-refractivity contribution in [3.05, 3.63) is 36.3 Å². The molecule has 106 valence electrons. The van der Waals surface area contributed by atoms with E-state index in [0.717, 1.165) is 31.7 Å². The van der Waals surface area contributed by atoms with E-state index < -0.39 is 0 Å². The number of pyridine rings is 1. The maximum absolute atomic E-state index is 4.45. The van der Waals surface area contributed by atoms with E-state index >= 15 is 0 Å². The van der Waals surface area contributed by atoms with Gasteiger partial charge in [0.25, 0.3) is 0 Å². The molecular formula is C14H20N6. The summed E-state index contributed by atoms with van der Waals surface area (Å²) >= 11 is 0. The average Bonchev–Trinajstić information content (AvgIpc) is 2.52. The normalized spacial score (nSPS) is 10.3. The van der Waals surface area contributed by atoms with Crippen molar-refractivity contribution < 1.29 is 0 Å². The zero-order valence-corrected chi connectivity index (χ0v) is 12.0. The fraction of sp³-hybridized carbons (Fsp3) is 0.429. The van der Waals surface area contributed by atoms with Crippen LogP contribution in [0.4, 0.5) is 11.8 Å². The molecule has 0 amide bonds. The monoisotopic (exact) mass is 272 g/mol. The van der Waals surface area contributed by atoms with Gasteiger partial charge in [-0.25, -0.2) is 0 Å². The molecule has 2 aromatic heterocycles. The second kappa shape index (κ2) is 7.37. The van der Waals surface area contributed by atoms with Crippen LogP contribution in [0, 0.1) is 0 Å². The zero-order chi connectivity index (χ0) is 14.2. The quantitative estimate of drug-likeness (QED) is 0.828. The smallest absolute Gasteiger partial charge is 0.247 e. The van der Waals surface area contributed by atoms with Crippen LogP contribution in [-0.2, 0) is 6.42 Å². The minimum atomic E-state index is 0.639. The Hall–Kier alpha value is -2.24. The molecule has 2 aromatic rings. The minimum Gasteiger partial charge on any atom is -0.369 e. The molecule has 2 rings (SSSR count). The maximum atomic E-state index is 4.45. The number of aromatic nitrogens is 4. The average molecular weight is 272 g/mol. The molecule has 0 fully saturated rings. The lowest BCUT2D eigenvalue weighted by Crippen LogP contribution is -2.23. The van der Waals surface area contributed by atoms with Gasteiger partial charge in [-0.05, 0) is 30.5 Å². The van der Waals surface area contributed by atoms with E-state index in [1.165, 1.54) is 5.56 Å². The van der Waals surface area contributed by atoms with Crippen molar-refractivity contribution in [2.75, 3.05) is 30.4 Å². The highest BCUT2D eigenvalue weighted by atomic mass is 15.3. The molecule has 0 aliphatic carbocycles. The van der Waals surface area contributed by atoms with Crippen LogP contribution < -0.4 is 10.2 Å². The van der Waals surface area contributed by atoms with Gasteiger partial charge in [-0.2, -0.15) is 10.1 Å². The summed E-state index contributed by atoms with van der Waals surface area (Å²) in [4.78, 5) is 10.5. The van der Waals surface area contributed by atoms with Crippen LogP contribution >= 0.6 is 0 Å². The zero-order valence-electron chi connectivity index (χ0n) is 12.0. The molecule has 0 saturated heterocycles. The molecule has 1 N–H and O–H groups in total. The van der Waals surface area contributed by atoms with Gasteiger partial charge in [0.1, 0.15) is 0 Å². The van der Waals surface area contributed by atoms with E-state index in [2.05, 4.69) is 32.4 Å². The molecule has 0 atom stereocenters. The third-order valence-corrected chi connectivity index (χ3v) is 2.93. The van der Waals surface area contributed by atoms with E-state index in [9.17, 15) is 0 Å². The summed E-state index contributed by atoms with van der Waals surface area (Å²) in [5.74, 6) is 1.41. The molecule has 0 aliphatic heterocycles. The van der Waals surface area contributed by atoms with Crippen LogP contribution in [-0.4, -0.2) is 40.3 Å². The highest BCUT2D eigenvalue weighted by molar-refractivity contribution is 5.38. The Bertz CT molecular complexity index is 516. The molecule has 0 bridgehead atoms. The van der Waals surface area contributed by atoms with Crippen LogP contribution in [0.15, 0.2) is 30.7 Å². The third-order valence-electron chi connectivity index (χ3n) is 2.93. The molecular weight excluding hydrogens is 252 g/mol. The van der Waals surface area contributed by atoms with Crippen molar-refractivity contribution >= 4 is 11.8 Å². The van der Waals surface area contributed by atoms with Gasteiger partial charge in [0.2, 0.25) is 5.95 Å². The van der Waals surface area contributed by atoms with Crippen LogP contribution in [0.25, 0.3) is 0 Å². The molecule has 6 nitrogen and oxygen atoms in total. The summed E-state index contributed by atoms with van der Waals surface area (Å²) in [6, 6.07) is 4.04. The van der Waals surface area contributed by atoms with Gasteiger partial charge >= 0.3 is 0 Å². The van der Waals surface area contributed by atoms with Crippen LogP contribution in [0.3, 0.4) is 0 Å². The Balaban J connectivity index is 1.93. The Morgan fingerprint density at radius 2 is 2.05 bits per heavy atom. The molecule has 20 heavy (non-hydrogen) atoms. The largest absolute Gasteiger partial charge is 0.369 e. The second-order valence-corrected chi connectivity index (χ2v) is 4.60. The summed E-state index contributed by atoms with van der Waals surface area (Å²) in [5, 5.41) is 11.3. The number of hydrogen-bond donors (Lipinski definition) is 1. The first kappa shape index (κ1) is 14.2. The van der Waals surface area contributed by atoms with Crippen molar-refractivity contribution in [2.45, 2.75) is 19.8 Å². The highest BCUT2D eigenvalue weighted by Gasteiger charge is 2.06. The Morgan fingerprint density at radius 3 is 2.80 bits per heavy atom. The number of hydrogen-bond acceptors (Lipinski definition) is 6. The number of likely N-dealkylation sites (N-methyl/N-ethyl adjacent to an activating group) is 1. The molecule has 0 radical (unpaired) electrons. The van der Waals surface area contributed by atoms with Crippen LogP contribution in [0.1, 0.15) is 18.9 Å². The van der Waals surface area contributed by atoms with Gasteiger partial charge in [0.05, 0.1) is 6.20 Å². The third kappa shape index (κ3) is 4.15. The summed E-state index contributed by atoms with van der Waals surface area (Å²) in [7, 11) is 1.97. The second-order valence-electron chi connectivity index (χ2n) is 4.60. The molecule has 0 aliphatic rings. The molecule has 0 unspecified atom stereocenters. The van der Waals surface area contributed by atoms with Crippen molar-refractivity contribution in [1.82, 2.24) is 20.2 Å². The minimum absolute atomic E-state index is 0.639. The van der Waals surface area contributed by atoms with Gasteiger partial charge in [-0.3, -0.25) is 4.98 Å². The molecule has 2 heterocycles. The van der Waals surface area contributed by atoms with E-state index in [0.29, 0.717) is 5.95 Å². The molecule has 0 spiro atoms. The summed E-state index contributed by atoms with van der Waals surface area (Å²) in [6.07, 6.45) is 7.24. The van der Waals surface area contributed by atoms with Crippen LogP contribution in [0.2, 0.25) is 0 Å². The maximum Gasteiger partial charge on any atom is 0.247 e. The highest BCUT2D eigenvalue weighted by Crippen LogP contribution is 2.08. The summed E-state index contributed by atoms with van der Waals surface area (Å²) < 4.78 is 0. The van der Waals surface area contributed by atoms with E-state index in [-0.39, 0.29) is 0 Å².